The number of hydrogen-bond acceptors (Lipinski definition) is 7. The summed E-state index contributed by atoms with van der Waals surface area (Å²) in [5, 5.41) is 2.40. The number of halogens is 3. The lowest BCUT2D eigenvalue weighted by Gasteiger charge is -2.41. The number of cyclic esters (lactones) is 1. The van der Waals surface area contributed by atoms with Crippen LogP contribution in [-0.4, -0.2) is 55.4 Å². The fraction of sp³-hybridized carbons (Fsp3) is 0.296. The highest BCUT2D eigenvalue weighted by molar-refractivity contribution is 6.04. The van der Waals surface area contributed by atoms with E-state index in [2.05, 4.69) is 15.3 Å². The van der Waals surface area contributed by atoms with Gasteiger partial charge >= 0.3 is 12.3 Å². The Balaban J connectivity index is 1.28. The van der Waals surface area contributed by atoms with Gasteiger partial charge in [-0.25, -0.2) is 19.7 Å². The number of nitrogens with one attached hydrogen (secondary N) is 1. The fourth-order valence-corrected chi connectivity index (χ4v) is 5.35. The van der Waals surface area contributed by atoms with Crippen molar-refractivity contribution >= 4 is 29.2 Å². The Labute approximate surface area is 226 Å². The average Bonchev–Trinajstić information content (AvgIpc) is 3.34. The number of benzene rings is 1. The molecule has 2 aliphatic heterocycles. The van der Waals surface area contributed by atoms with Gasteiger partial charge in [-0.1, -0.05) is 12.1 Å². The third kappa shape index (κ3) is 4.67. The van der Waals surface area contributed by atoms with Crippen molar-refractivity contribution in [2.75, 3.05) is 24.2 Å². The molecule has 5 heterocycles. The minimum Gasteiger partial charge on any atom is -0.449 e. The van der Waals surface area contributed by atoms with Crippen molar-refractivity contribution in [2.24, 2.45) is 0 Å². The van der Waals surface area contributed by atoms with Gasteiger partial charge in [-0.2, -0.15) is 13.2 Å². The molecule has 0 saturated carbocycles. The van der Waals surface area contributed by atoms with E-state index in [4.69, 9.17) is 15.5 Å². The number of rotatable bonds is 4. The van der Waals surface area contributed by atoms with Crippen LogP contribution in [0.1, 0.15) is 46.9 Å². The third-order valence-corrected chi connectivity index (χ3v) is 7.34. The average molecular weight is 552 g/mol. The van der Waals surface area contributed by atoms with Crippen molar-refractivity contribution in [3.8, 4) is 11.3 Å². The van der Waals surface area contributed by atoms with Crippen LogP contribution in [0.2, 0.25) is 0 Å². The summed E-state index contributed by atoms with van der Waals surface area (Å²) >= 11 is 0. The maximum Gasteiger partial charge on any atom is 0.416 e. The Morgan fingerprint density at radius 2 is 1.88 bits per heavy atom. The first-order chi connectivity index (χ1) is 19.2. The van der Waals surface area contributed by atoms with E-state index in [1.807, 2.05) is 4.40 Å². The number of amides is 2. The molecule has 2 aliphatic rings. The van der Waals surface area contributed by atoms with Gasteiger partial charge in [0.25, 0.3) is 5.91 Å². The smallest absolute Gasteiger partial charge is 0.416 e. The van der Waals surface area contributed by atoms with Gasteiger partial charge in [0.05, 0.1) is 12.2 Å². The molecule has 13 heteroatoms. The molecular weight excluding hydrogens is 527 g/mol. The molecule has 2 saturated heterocycles. The summed E-state index contributed by atoms with van der Waals surface area (Å²) in [7, 11) is 0. The minimum atomic E-state index is -4.55. The Kier molecular flexibility index (Phi) is 6.28. The number of nitrogen functional groups attached to an aromatic ring is 1. The van der Waals surface area contributed by atoms with Crippen LogP contribution in [0, 0.1) is 0 Å². The number of carbonyl (C=O) groups excluding carboxylic acids is 2. The number of pyridine rings is 1. The van der Waals surface area contributed by atoms with Crippen molar-refractivity contribution in [1.82, 2.24) is 24.3 Å². The van der Waals surface area contributed by atoms with Crippen LogP contribution in [0.15, 0.2) is 55.0 Å². The summed E-state index contributed by atoms with van der Waals surface area (Å²) in [4.78, 5) is 39.8. The monoisotopic (exact) mass is 551 g/mol. The predicted octanol–water partition coefficient (Wildman–Crippen LogP) is 4.73. The molecule has 2 fully saturated rings. The lowest BCUT2D eigenvalue weighted by molar-refractivity contribution is -0.137. The van der Waals surface area contributed by atoms with Crippen molar-refractivity contribution < 1.29 is 27.5 Å². The van der Waals surface area contributed by atoms with E-state index in [1.165, 1.54) is 0 Å². The van der Waals surface area contributed by atoms with Crippen molar-refractivity contribution in [1.29, 1.82) is 0 Å². The van der Waals surface area contributed by atoms with E-state index in [0.717, 1.165) is 43.4 Å². The van der Waals surface area contributed by atoms with Crippen LogP contribution < -0.4 is 11.1 Å². The molecular formula is C27H24F3N7O3. The molecule has 3 N–H and O–H groups in total. The molecule has 4 aromatic rings. The Morgan fingerprint density at radius 1 is 1.07 bits per heavy atom. The van der Waals surface area contributed by atoms with E-state index in [1.54, 1.807) is 41.6 Å². The van der Waals surface area contributed by atoms with Gasteiger partial charge in [-0.05, 0) is 37.1 Å². The molecule has 0 radical (unpaired) electrons. The summed E-state index contributed by atoms with van der Waals surface area (Å²) in [6.07, 6.45) is 2.00. The molecule has 10 nitrogen and oxygen atoms in total. The molecule has 0 spiro atoms. The highest BCUT2D eigenvalue weighted by Gasteiger charge is 2.38. The van der Waals surface area contributed by atoms with Crippen molar-refractivity contribution in [2.45, 2.75) is 37.4 Å². The highest BCUT2D eigenvalue weighted by atomic mass is 19.4. The van der Waals surface area contributed by atoms with Gasteiger partial charge in [0.1, 0.15) is 28.7 Å². The van der Waals surface area contributed by atoms with Crippen molar-refractivity contribution in [3.05, 3.63) is 71.9 Å². The van der Waals surface area contributed by atoms with Crippen LogP contribution >= 0.6 is 0 Å². The van der Waals surface area contributed by atoms with Gasteiger partial charge < -0.3 is 20.7 Å². The summed E-state index contributed by atoms with van der Waals surface area (Å²) in [6.45, 7) is 0.917. The largest absolute Gasteiger partial charge is 0.449 e. The van der Waals surface area contributed by atoms with E-state index >= 15 is 0 Å². The molecule has 2 atom stereocenters. The number of nitrogens with two attached hydrogens (primary N) is 1. The predicted molar refractivity (Wildman–Crippen MR) is 138 cm³/mol. The standard InChI is InChI=1S/C27H24F3N7O3/c28-27(29,30)18-7-9-32-20(13-18)34-25(38)16-3-1-15(2-4-16)21-22-23(31)33-10-11-36(22)24(35-21)17-5-6-19-8-12-40-26(39)37(19)14-17/h1-4,7,9-11,13,17,19H,5-6,8,12,14H2,(H2,31,33)(H,32,34,38)/t17-,19+/m1/s1. The molecule has 6 rings (SSSR count). The number of anilines is 2. The molecule has 0 unspecified atom stereocenters. The summed E-state index contributed by atoms with van der Waals surface area (Å²) in [5.74, 6) is 0.156. The van der Waals surface area contributed by atoms with Gasteiger partial charge in [-0.15, -0.1) is 0 Å². The number of carbonyl (C=O) groups is 2. The molecule has 3 aromatic heterocycles. The minimum absolute atomic E-state index is 0.0463. The number of ether oxygens (including phenoxy) is 1. The third-order valence-electron chi connectivity index (χ3n) is 7.34. The van der Waals surface area contributed by atoms with Gasteiger partial charge in [0.15, 0.2) is 0 Å². The Hall–Kier alpha value is -4.68. The van der Waals surface area contributed by atoms with Crippen LogP contribution in [0.3, 0.4) is 0 Å². The summed E-state index contributed by atoms with van der Waals surface area (Å²) < 4.78 is 46.1. The second-order valence-corrected chi connectivity index (χ2v) is 9.79. The van der Waals surface area contributed by atoms with Crippen molar-refractivity contribution in [3.63, 3.8) is 0 Å². The molecule has 2 amide bonds. The molecule has 40 heavy (non-hydrogen) atoms. The Bertz CT molecular complexity index is 1600. The Morgan fingerprint density at radius 3 is 2.65 bits per heavy atom. The van der Waals surface area contributed by atoms with Gasteiger partial charge in [0, 0.05) is 54.6 Å². The molecule has 0 aliphatic carbocycles. The zero-order valence-electron chi connectivity index (χ0n) is 21.1. The summed E-state index contributed by atoms with van der Waals surface area (Å²) in [5.41, 5.74) is 7.41. The maximum absolute atomic E-state index is 13.0. The number of aromatic nitrogens is 4. The van der Waals surface area contributed by atoms with E-state index in [9.17, 15) is 22.8 Å². The lowest BCUT2D eigenvalue weighted by atomic mass is 9.90. The van der Waals surface area contributed by atoms with Crippen LogP contribution in [-0.2, 0) is 10.9 Å². The van der Waals surface area contributed by atoms with E-state index in [-0.39, 0.29) is 35.3 Å². The van der Waals surface area contributed by atoms with Crippen LogP contribution in [0.4, 0.5) is 29.6 Å². The van der Waals surface area contributed by atoms with Gasteiger partial charge in [-0.3, -0.25) is 9.20 Å². The summed E-state index contributed by atoms with van der Waals surface area (Å²) in [6, 6.07) is 8.24. The molecule has 0 bridgehead atoms. The highest BCUT2D eigenvalue weighted by Crippen LogP contribution is 2.37. The SMILES string of the molecule is Nc1nccn2c([C@@H]3CC[C@H]4CCOC(=O)N4C3)nc(-c3ccc(C(=O)Nc4cc(C(F)(F)F)ccn4)cc3)c12. The molecule has 1 aromatic carbocycles. The first kappa shape index (κ1) is 25.6. The fourth-order valence-electron chi connectivity index (χ4n) is 5.35. The second-order valence-electron chi connectivity index (χ2n) is 9.79. The topological polar surface area (TPSA) is 128 Å². The lowest BCUT2D eigenvalue weighted by Crippen LogP contribution is -2.50. The number of nitrogens with zero attached hydrogens (tertiary/aromatic N) is 5. The molecule has 206 valence electrons. The zero-order valence-corrected chi connectivity index (χ0v) is 21.1. The first-order valence-electron chi connectivity index (χ1n) is 12.7. The number of imidazole rings is 1. The quantitative estimate of drug-likeness (QED) is 0.375. The van der Waals surface area contributed by atoms with Crippen LogP contribution in [0.25, 0.3) is 16.8 Å². The van der Waals surface area contributed by atoms with Crippen LogP contribution in [0.5, 0.6) is 0 Å². The second kappa shape index (κ2) is 9.81. The maximum atomic E-state index is 13.0. The zero-order chi connectivity index (χ0) is 28.0. The number of hydrogen-bond donors (Lipinski definition) is 2. The van der Waals surface area contributed by atoms with E-state index < -0.39 is 17.6 Å². The normalized spacial score (nSPS) is 19.3. The van der Waals surface area contributed by atoms with Gasteiger partial charge in [0.2, 0.25) is 0 Å². The number of alkyl halides is 3. The number of piperidine rings is 1. The van der Waals surface area contributed by atoms with E-state index in [0.29, 0.717) is 29.9 Å². The first-order valence-corrected chi connectivity index (χ1v) is 12.7. The number of fused-ring (bicyclic) bond motifs is 2.